The van der Waals surface area contributed by atoms with E-state index in [0.29, 0.717) is 28.5 Å². The summed E-state index contributed by atoms with van der Waals surface area (Å²) >= 11 is 0. The Bertz CT molecular complexity index is 758. The van der Waals surface area contributed by atoms with Gasteiger partial charge >= 0.3 is 0 Å². The summed E-state index contributed by atoms with van der Waals surface area (Å²) in [6, 6.07) is 11.1. The van der Waals surface area contributed by atoms with Crippen molar-refractivity contribution in [2.45, 2.75) is 13.8 Å². The van der Waals surface area contributed by atoms with Gasteiger partial charge in [0.15, 0.2) is 11.5 Å². The van der Waals surface area contributed by atoms with Crippen LogP contribution >= 0.6 is 0 Å². The Hall–Kier alpha value is -3.02. The highest BCUT2D eigenvalue weighted by Gasteiger charge is 2.16. The molecular weight excluding hydrogens is 320 g/mol. The molecule has 0 aliphatic rings. The molecule has 6 nitrogen and oxygen atoms in total. The quantitative estimate of drug-likeness (QED) is 0.647. The molecule has 0 atom stereocenters. The number of benzene rings is 2. The number of carbonyl (C=O) groups excluding carboxylic acids is 1. The summed E-state index contributed by atoms with van der Waals surface area (Å²) < 4.78 is 15.8. The zero-order valence-electron chi connectivity index (χ0n) is 15.0. The Morgan fingerprint density at radius 3 is 1.96 bits per heavy atom. The predicted octanol–water partition coefficient (Wildman–Crippen LogP) is 3.17. The Labute approximate surface area is 147 Å². The summed E-state index contributed by atoms with van der Waals surface area (Å²) in [5, 5.41) is 4.16. The monoisotopic (exact) mass is 342 g/mol. The number of amides is 1. The molecule has 1 amide bonds. The lowest BCUT2D eigenvalue weighted by Crippen LogP contribution is -2.19. The topological polar surface area (TPSA) is 69.2 Å². The molecule has 2 rings (SSSR count). The molecule has 2 aromatic carbocycles. The first-order valence-corrected chi connectivity index (χ1v) is 7.71. The number of rotatable bonds is 6. The average Bonchev–Trinajstić information content (AvgIpc) is 2.64. The summed E-state index contributed by atoms with van der Waals surface area (Å²) in [4.78, 5) is 12.4. The molecule has 0 aliphatic carbocycles. The largest absolute Gasteiger partial charge is 0.493 e. The lowest BCUT2D eigenvalue weighted by molar-refractivity contribution is 0.0954. The second-order valence-electron chi connectivity index (χ2n) is 5.42. The lowest BCUT2D eigenvalue weighted by Gasteiger charge is -2.13. The van der Waals surface area contributed by atoms with Gasteiger partial charge in [-0.25, -0.2) is 5.43 Å². The normalized spacial score (nSPS) is 11.0. The maximum atomic E-state index is 12.4. The number of ether oxygens (including phenoxy) is 3. The van der Waals surface area contributed by atoms with Crippen LogP contribution in [-0.2, 0) is 0 Å². The van der Waals surface area contributed by atoms with E-state index < -0.39 is 0 Å². The van der Waals surface area contributed by atoms with Crippen LogP contribution in [0.2, 0.25) is 0 Å². The van der Waals surface area contributed by atoms with E-state index in [-0.39, 0.29) is 5.91 Å². The minimum absolute atomic E-state index is 0.356. The van der Waals surface area contributed by atoms with Crippen LogP contribution in [0.4, 0.5) is 0 Å². The van der Waals surface area contributed by atoms with Crippen LogP contribution in [0.15, 0.2) is 41.5 Å². The van der Waals surface area contributed by atoms with Crippen molar-refractivity contribution in [2.75, 3.05) is 21.3 Å². The molecule has 0 radical (unpaired) electrons. The van der Waals surface area contributed by atoms with Crippen molar-refractivity contribution in [1.29, 1.82) is 0 Å². The highest BCUT2D eigenvalue weighted by Crippen LogP contribution is 2.38. The molecule has 132 valence electrons. The smallest absolute Gasteiger partial charge is 0.271 e. The van der Waals surface area contributed by atoms with E-state index in [2.05, 4.69) is 10.5 Å². The van der Waals surface area contributed by atoms with Crippen molar-refractivity contribution < 1.29 is 19.0 Å². The average molecular weight is 342 g/mol. The Balaban J connectivity index is 2.23. The molecular formula is C19H22N2O4. The molecule has 0 bridgehead atoms. The van der Waals surface area contributed by atoms with Crippen molar-refractivity contribution in [1.82, 2.24) is 5.43 Å². The van der Waals surface area contributed by atoms with E-state index in [9.17, 15) is 4.79 Å². The van der Waals surface area contributed by atoms with Crippen molar-refractivity contribution in [2.24, 2.45) is 5.10 Å². The molecule has 0 fully saturated rings. The van der Waals surface area contributed by atoms with Gasteiger partial charge in [-0.15, -0.1) is 0 Å². The summed E-state index contributed by atoms with van der Waals surface area (Å²) in [7, 11) is 4.51. The van der Waals surface area contributed by atoms with Gasteiger partial charge in [0, 0.05) is 5.56 Å². The number of methoxy groups -OCH3 is 3. The van der Waals surface area contributed by atoms with Gasteiger partial charge in [-0.2, -0.15) is 5.10 Å². The Morgan fingerprint density at radius 2 is 1.48 bits per heavy atom. The van der Waals surface area contributed by atoms with E-state index in [1.54, 1.807) is 12.1 Å². The van der Waals surface area contributed by atoms with E-state index in [1.165, 1.54) is 21.3 Å². The number of nitrogens with zero attached hydrogens (tertiary/aromatic N) is 1. The maximum absolute atomic E-state index is 12.4. The van der Waals surface area contributed by atoms with Gasteiger partial charge in [-0.05, 0) is 31.5 Å². The molecule has 25 heavy (non-hydrogen) atoms. The molecule has 2 aromatic rings. The number of aryl methyl sites for hydroxylation is 1. The van der Waals surface area contributed by atoms with E-state index in [1.807, 2.05) is 38.1 Å². The van der Waals surface area contributed by atoms with Crippen molar-refractivity contribution in [3.63, 3.8) is 0 Å². The highest BCUT2D eigenvalue weighted by atomic mass is 16.5. The van der Waals surface area contributed by atoms with E-state index in [4.69, 9.17) is 14.2 Å². The lowest BCUT2D eigenvalue weighted by atomic mass is 10.1. The predicted molar refractivity (Wildman–Crippen MR) is 97.0 cm³/mol. The second-order valence-corrected chi connectivity index (χ2v) is 5.42. The van der Waals surface area contributed by atoms with Crippen LogP contribution in [0.1, 0.15) is 28.4 Å². The van der Waals surface area contributed by atoms with Crippen molar-refractivity contribution in [3.8, 4) is 17.2 Å². The molecule has 0 aromatic heterocycles. The molecule has 0 saturated heterocycles. The Kier molecular flexibility index (Phi) is 6.00. The summed E-state index contributed by atoms with van der Waals surface area (Å²) in [6.07, 6.45) is 0. The third-order valence-corrected chi connectivity index (χ3v) is 3.72. The van der Waals surface area contributed by atoms with Crippen LogP contribution in [0.3, 0.4) is 0 Å². The zero-order valence-corrected chi connectivity index (χ0v) is 15.0. The fourth-order valence-corrected chi connectivity index (χ4v) is 2.27. The number of nitrogens with one attached hydrogen (secondary N) is 1. The minimum atomic E-state index is -0.370. The van der Waals surface area contributed by atoms with Gasteiger partial charge in [0.25, 0.3) is 5.91 Å². The standard InChI is InChI=1S/C19H22N2O4/c1-12-6-8-14(9-7-12)13(2)20-21-19(22)15-10-16(23-3)18(25-5)17(11-15)24-4/h6-11H,1-5H3,(H,21,22). The van der Waals surface area contributed by atoms with Crippen molar-refractivity contribution in [3.05, 3.63) is 53.1 Å². The van der Waals surface area contributed by atoms with Gasteiger partial charge in [0.1, 0.15) is 0 Å². The van der Waals surface area contributed by atoms with Crippen LogP contribution in [0.25, 0.3) is 0 Å². The number of hydrazone groups is 1. The molecule has 0 saturated carbocycles. The summed E-state index contributed by atoms with van der Waals surface area (Å²) in [5.74, 6) is 0.879. The van der Waals surface area contributed by atoms with Crippen LogP contribution in [-0.4, -0.2) is 32.9 Å². The van der Waals surface area contributed by atoms with E-state index in [0.717, 1.165) is 11.1 Å². The molecule has 0 unspecified atom stereocenters. The minimum Gasteiger partial charge on any atom is -0.493 e. The Morgan fingerprint density at radius 1 is 0.920 bits per heavy atom. The number of hydrogen-bond acceptors (Lipinski definition) is 5. The molecule has 6 heteroatoms. The van der Waals surface area contributed by atoms with Crippen LogP contribution in [0, 0.1) is 6.92 Å². The number of hydrogen-bond donors (Lipinski definition) is 1. The molecule has 0 heterocycles. The van der Waals surface area contributed by atoms with Gasteiger partial charge in [0.05, 0.1) is 27.0 Å². The first-order chi connectivity index (χ1) is 12.0. The first-order valence-electron chi connectivity index (χ1n) is 7.71. The third-order valence-electron chi connectivity index (χ3n) is 3.72. The van der Waals surface area contributed by atoms with E-state index >= 15 is 0 Å². The third kappa shape index (κ3) is 4.29. The zero-order chi connectivity index (χ0) is 18.4. The summed E-state index contributed by atoms with van der Waals surface area (Å²) in [6.45, 7) is 3.85. The first kappa shape index (κ1) is 18.3. The van der Waals surface area contributed by atoms with Gasteiger partial charge in [0.2, 0.25) is 5.75 Å². The number of carbonyl (C=O) groups is 1. The van der Waals surface area contributed by atoms with Crippen LogP contribution < -0.4 is 19.6 Å². The van der Waals surface area contributed by atoms with Crippen LogP contribution in [0.5, 0.6) is 17.2 Å². The van der Waals surface area contributed by atoms with Gasteiger partial charge in [-0.3, -0.25) is 4.79 Å². The maximum Gasteiger partial charge on any atom is 0.271 e. The second kappa shape index (κ2) is 8.19. The summed E-state index contributed by atoms with van der Waals surface area (Å²) in [5.41, 5.74) is 5.72. The SMILES string of the molecule is COc1cc(C(=O)NN=C(C)c2ccc(C)cc2)cc(OC)c1OC. The van der Waals surface area contributed by atoms with Crippen molar-refractivity contribution >= 4 is 11.6 Å². The highest BCUT2D eigenvalue weighted by molar-refractivity contribution is 6.01. The molecule has 0 spiro atoms. The fraction of sp³-hybridized carbons (Fsp3) is 0.263. The van der Waals surface area contributed by atoms with Gasteiger partial charge in [-0.1, -0.05) is 29.8 Å². The fourth-order valence-electron chi connectivity index (χ4n) is 2.27. The molecule has 1 N–H and O–H groups in total. The van der Waals surface area contributed by atoms with Gasteiger partial charge < -0.3 is 14.2 Å². The molecule has 0 aliphatic heterocycles.